The van der Waals surface area contributed by atoms with Crippen LogP contribution in [0.1, 0.15) is 18.4 Å². The molecule has 0 atom stereocenters. The molecule has 82 valence electrons. The first-order valence-corrected chi connectivity index (χ1v) is 4.71. The van der Waals surface area contributed by atoms with Crippen LogP contribution in [-0.4, -0.2) is 23.3 Å². The van der Waals surface area contributed by atoms with Gasteiger partial charge in [-0.2, -0.15) is 0 Å². The van der Waals surface area contributed by atoms with E-state index in [4.69, 9.17) is 5.11 Å². The number of hydrogen-bond acceptors (Lipinski definition) is 4. The molecule has 0 aromatic heterocycles. The summed E-state index contributed by atoms with van der Waals surface area (Å²) in [6.45, 7) is 0. The number of phenolic OH excluding ortho intramolecular Hbond substituents is 2. The van der Waals surface area contributed by atoms with E-state index in [1.165, 1.54) is 19.2 Å². The molecule has 1 aromatic rings. The fourth-order valence-corrected chi connectivity index (χ4v) is 1.29. The van der Waals surface area contributed by atoms with Crippen LogP contribution < -0.4 is 0 Å². The minimum Gasteiger partial charge on any atom is -0.508 e. The summed E-state index contributed by atoms with van der Waals surface area (Å²) in [6, 6.07) is 4.43. The second-order valence-electron chi connectivity index (χ2n) is 3.24. The lowest BCUT2D eigenvalue weighted by atomic mass is 10.1. The molecule has 1 rings (SSSR count). The first kappa shape index (κ1) is 11.4. The van der Waals surface area contributed by atoms with Gasteiger partial charge in [-0.15, -0.1) is 0 Å². The topological polar surface area (TPSA) is 66.8 Å². The lowest BCUT2D eigenvalue weighted by Crippen LogP contribution is -2.00. The fraction of sp³-hybridized carbons (Fsp3) is 0.364. The van der Waals surface area contributed by atoms with Crippen molar-refractivity contribution in [2.45, 2.75) is 19.3 Å². The van der Waals surface area contributed by atoms with Crippen LogP contribution in [0.5, 0.6) is 11.5 Å². The van der Waals surface area contributed by atoms with Crippen molar-refractivity contribution in [3.8, 4) is 11.5 Å². The molecule has 0 spiro atoms. The molecule has 0 saturated heterocycles. The molecule has 0 aliphatic rings. The molecule has 1 aromatic carbocycles. The predicted octanol–water partition coefficient (Wildman–Crippen LogP) is 1.59. The summed E-state index contributed by atoms with van der Waals surface area (Å²) >= 11 is 0. The van der Waals surface area contributed by atoms with Gasteiger partial charge in [-0.1, -0.05) is 6.07 Å². The maximum atomic E-state index is 10.8. The molecule has 0 amide bonds. The Morgan fingerprint density at radius 2 is 2.13 bits per heavy atom. The number of ether oxygens (including phenoxy) is 1. The Hall–Kier alpha value is -1.71. The van der Waals surface area contributed by atoms with Gasteiger partial charge >= 0.3 is 5.97 Å². The molecule has 0 heterocycles. The number of benzene rings is 1. The van der Waals surface area contributed by atoms with Crippen molar-refractivity contribution in [2.24, 2.45) is 0 Å². The Morgan fingerprint density at radius 1 is 1.40 bits per heavy atom. The summed E-state index contributed by atoms with van der Waals surface area (Å²) in [5.74, 6) is -0.169. The Kier molecular flexibility index (Phi) is 3.97. The molecule has 0 fully saturated rings. The molecule has 0 aliphatic heterocycles. The first-order valence-electron chi connectivity index (χ1n) is 4.71. The van der Waals surface area contributed by atoms with E-state index >= 15 is 0 Å². The zero-order valence-corrected chi connectivity index (χ0v) is 8.56. The van der Waals surface area contributed by atoms with Crippen LogP contribution in [0, 0.1) is 0 Å². The number of hydrogen-bond donors (Lipinski definition) is 2. The summed E-state index contributed by atoms with van der Waals surface area (Å²) in [5, 5.41) is 18.5. The Bertz CT molecular complexity index is 346. The van der Waals surface area contributed by atoms with Crippen molar-refractivity contribution < 1.29 is 19.7 Å². The number of carbonyl (C=O) groups excluding carboxylic acids is 1. The summed E-state index contributed by atoms with van der Waals surface area (Å²) in [7, 11) is 1.35. The van der Waals surface area contributed by atoms with Gasteiger partial charge in [0.1, 0.15) is 11.5 Å². The van der Waals surface area contributed by atoms with Crippen molar-refractivity contribution in [1.82, 2.24) is 0 Å². The molecule has 2 N–H and O–H groups in total. The Labute approximate surface area is 88.1 Å². The van der Waals surface area contributed by atoms with Crippen LogP contribution in [0.2, 0.25) is 0 Å². The summed E-state index contributed by atoms with van der Waals surface area (Å²) in [5.41, 5.74) is 0.719. The number of rotatable bonds is 4. The fourth-order valence-electron chi connectivity index (χ4n) is 1.29. The van der Waals surface area contributed by atoms with Gasteiger partial charge in [0, 0.05) is 12.5 Å². The van der Waals surface area contributed by atoms with Crippen LogP contribution in [-0.2, 0) is 16.0 Å². The quantitative estimate of drug-likeness (QED) is 0.740. The number of carbonyl (C=O) groups is 1. The van der Waals surface area contributed by atoms with E-state index in [2.05, 4.69) is 4.74 Å². The van der Waals surface area contributed by atoms with Crippen molar-refractivity contribution >= 4 is 5.97 Å². The molecule has 4 heteroatoms. The van der Waals surface area contributed by atoms with Crippen molar-refractivity contribution in [1.29, 1.82) is 0 Å². The van der Waals surface area contributed by atoms with Crippen LogP contribution in [0.3, 0.4) is 0 Å². The van der Waals surface area contributed by atoms with E-state index in [-0.39, 0.29) is 17.5 Å². The maximum absolute atomic E-state index is 10.8. The van der Waals surface area contributed by atoms with Gasteiger partial charge in [-0.3, -0.25) is 4.79 Å². The van der Waals surface area contributed by atoms with Crippen LogP contribution in [0.25, 0.3) is 0 Å². The zero-order valence-electron chi connectivity index (χ0n) is 8.56. The van der Waals surface area contributed by atoms with Crippen molar-refractivity contribution in [3.05, 3.63) is 23.8 Å². The van der Waals surface area contributed by atoms with Gasteiger partial charge in [-0.05, 0) is 24.5 Å². The molecule has 0 saturated carbocycles. The third-order valence-corrected chi connectivity index (χ3v) is 2.12. The summed E-state index contributed by atoms with van der Waals surface area (Å²) < 4.78 is 4.50. The highest BCUT2D eigenvalue weighted by Crippen LogP contribution is 2.23. The van der Waals surface area contributed by atoms with Gasteiger partial charge < -0.3 is 14.9 Å². The lowest BCUT2D eigenvalue weighted by molar-refractivity contribution is -0.140. The van der Waals surface area contributed by atoms with Crippen LogP contribution >= 0.6 is 0 Å². The normalized spacial score (nSPS) is 9.93. The van der Waals surface area contributed by atoms with E-state index in [9.17, 15) is 9.90 Å². The van der Waals surface area contributed by atoms with Crippen molar-refractivity contribution in [3.63, 3.8) is 0 Å². The average molecular weight is 210 g/mol. The van der Waals surface area contributed by atoms with Gasteiger partial charge in [0.15, 0.2) is 0 Å². The monoisotopic (exact) mass is 210 g/mol. The van der Waals surface area contributed by atoms with Crippen molar-refractivity contribution in [2.75, 3.05) is 7.11 Å². The highest BCUT2D eigenvalue weighted by molar-refractivity contribution is 5.69. The van der Waals surface area contributed by atoms with E-state index in [1.54, 1.807) is 6.07 Å². The molecule has 0 bridgehead atoms. The van der Waals surface area contributed by atoms with E-state index in [0.29, 0.717) is 19.3 Å². The van der Waals surface area contributed by atoms with E-state index < -0.39 is 0 Å². The molecule has 0 unspecified atom stereocenters. The zero-order chi connectivity index (χ0) is 11.3. The average Bonchev–Trinajstić information content (AvgIpc) is 2.21. The maximum Gasteiger partial charge on any atom is 0.305 e. The highest BCUT2D eigenvalue weighted by atomic mass is 16.5. The number of aromatic hydroxyl groups is 2. The third-order valence-electron chi connectivity index (χ3n) is 2.12. The molecule has 0 radical (unpaired) electrons. The van der Waals surface area contributed by atoms with E-state index in [1.807, 2.05) is 0 Å². The van der Waals surface area contributed by atoms with Gasteiger partial charge in [0.25, 0.3) is 0 Å². The first-order chi connectivity index (χ1) is 7.13. The van der Waals surface area contributed by atoms with Gasteiger partial charge in [0.05, 0.1) is 7.11 Å². The Balaban J connectivity index is 2.47. The smallest absolute Gasteiger partial charge is 0.305 e. The molecule has 0 aliphatic carbocycles. The summed E-state index contributed by atoms with van der Waals surface area (Å²) in [4.78, 5) is 10.8. The minimum absolute atomic E-state index is 0.0317. The number of phenols is 2. The molecular weight excluding hydrogens is 196 g/mol. The number of esters is 1. The van der Waals surface area contributed by atoms with E-state index in [0.717, 1.165) is 5.56 Å². The lowest BCUT2D eigenvalue weighted by Gasteiger charge is -2.04. The molecule has 15 heavy (non-hydrogen) atoms. The third kappa shape index (κ3) is 3.50. The summed E-state index contributed by atoms with van der Waals surface area (Å²) in [6.07, 6.45) is 1.53. The second kappa shape index (κ2) is 5.24. The van der Waals surface area contributed by atoms with Crippen LogP contribution in [0.15, 0.2) is 18.2 Å². The number of aryl methyl sites for hydroxylation is 1. The SMILES string of the molecule is COC(=O)CCCc1ccc(O)cc1O. The number of methoxy groups -OCH3 is 1. The van der Waals surface area contributed by atoms with Crippen LogP contribution in [0.4, 0.5) is 0 Å². The standard InChI is InChI=1S/C11H14O4/c1-15-11(14)4-2-3-8-5-6-9(12)7-10(8)13/h5-7,12-13H,2-4H2,1H3. The second-order valence-corrected chi connectivity index (χ2v) is 3.24. The Morgan fingerprint density at radius 3 is 2.73 bits per heavy atom. The van der Waals surface area contributed by atoms with Gasteiger partial charge in [-0.25, -0.2) is 0 Å². The predicted molar refractivity (Wildman–Crippen MR) is 54.7 cm³/mol. The largest absolute Gasteiger partial charge is 0.508 e. The minimum atomic E-state index is -0.256. The highest BCUT2D eigenvalue weighted by Gasteiger charge is 2.04. The van der Waals surface area contributed by atoms with Gasteiger partial charge in [0.2, 0.25) is 0 Å². The molecule has 4 nitrogen and oxygen atoms in total. The molecular formula is C11H14O4.